The summed E-state index contributed by atoms with van der Waals surface area (Å²) in [4.78, 5) is 0. The van der Waals surface area contributed by atoms with Gasteiger partial charge in [0.05, 0.1) is 12.7 Å². The van der Waals surface area contributed by atoms with Crippen molar-refractivity contribution < 1.29 is 9.47 Å². The second-order valence-corrected chi connectivity index (χ2v) is 2.80. The lowest BCUT2D eigenvalue weighted by Gasteiger charge is -2.08. The van der Waals surface area contributed by atoms with Crippen molar-refractivity contribution in [2.75, 3.05) is 13.2 Å². The van der Waals surface area contributed by atoms with E-state index in [9.17, 15) is 0 Å². The van der Waals surface area contributed by atoms with E-state index in [2.05, 4.69) is 13.8 Å². The van der Waals surface area contributed by atoms with Crippen molar-refractivity contribution >= 4 is 0 Å². The summed E-state index contributed by atoms with van der Waals surface area (Å²) in [6, 6.07) is 0. The molecule has 1 saturated heterocycles. The van der Waals surface area contributed by atoms with Gasteiger partial charge < -0.3 is 9.47 Å². The van der Waals surface area contributed by atoms with E-state index in [0.29, 0.717) is 12.2 Å². The van der Waals surface area contributed by atoms with Gasteiger partial charge in [0.15, 0.2) is 0 Å². The Balaban J connectivity index is 1.90. The topological polar surface area (TPSA) is 21.8 Å². The Labute approximate surface area is 62.5 Å². The van der Waals surface area contributed by atoms with Crippen molar-refractivity contribution in [1.29, 1.82) is 0 Å². The molecule has 0 bridgehead atoms. The van der Waals surface area contributed by atoms with Gasteiger partial charge in [-0.3, -0.25) is 0 Å². The summed E-state index contributed by atoms with van der Waals surface area (Å²) in [7, 11) is 0. The van der Waals surface area contributed by atoms with Crippen molar-refractivity contribution in [3.05, 3.63) is 0 Å². The molecular weight excluding hydrogens is 128 g/mol. The second-order valence-electron chi connectivity index (χ2n) is 2.80. The number of unbranched alkanes of at least 4 members (excludes halogenated alkanes) is 1. The highest BCUT2D eigenvalue weighted by atomic mass is 16.6. The highest BCUT2D eigenvalue weighted by Crippen LogP contribution is 2.16. The summed E-state index contributed by atoms with van der Waals surface area (Å²) in [5.41, 5.74) is 0. The maximum absolute atomic E-state index is 5.48. The number of ether oxygens (including phenoxy) is 2. The molecule has 0 saturated carbocycles. The normalized spacial score (nSPS) is 26.4. The highest BCUT2D eigenvalue weighted by Gasteiger charge is 2.29. The molecule has 0 spiro atoms. The van der Waals surface area contributed by atoms with Gasteiger partial charge in [-0.2, -0.15) is 0 Å². The summed E-state index contributed by atoms with van der Waals surface area (Å²) in [5.74, 6) is 0. The molecule has 0 N–H and O–H groups in total. The fourth-order valence-electron chi connectivity index (χ4n) is 0.847. The van der Waals surface area contributed by atoms with Gasteiger partial charge in [-0.1, -0.05) is 13.3 Å². The van der Waals surface area contributed by atoms with E-state index >= 15 is 0 Å². The van der Waals surface area contributed by atoms with Crippen molar-refractivity contribution in [2.45, 2.75) is 38.9 Å². The first-order valence-corrected chi connectivity index (χ1v) is 4.07. The second kappa shape index (κ2) is 3.94. The predicted octanol–water partition coefficient (Wildman–Crippen LogP) is 1.59. The lowest BCUT2D eigenvalue weighted by atomic mass is 10.3. The van der Waals surface area contributed by atoms with E-state index in [-0.39, 0.29) is 0 Å². The molecular formula is C8H16O2. The molecule has 1 heterocycles. The number of rotatable bonds is 5. The number of hydrogen-bond donors (Lipinski definition) is 0. The largest absolute Gasteiger partial charge is 0.376 e. The zero-order valence-corrected chi connectivity index (χ0v) is 6.80. The number of epoxide rings is 1. The minimum atomic E-state index is 0.312. The molecule has 1 aliphatic rings. The standard InChI is InChI=1S/C8H16O2/c1-3-4-5-9-7(2)8-6-10-8/h7-8H,3-6H2,1-2H3/t7-,8-/m0/s1. The third-order valence-corrected chi connectivity index (χ3v) is 1.76. The van der Waals surface area contributed by atoms with Crippen LogP contribution in [0, 0.1) is 0 Å². The zero-order chi connectivity index (χ0) is 7.40. The minimum Gasteiger partial charge on any atom is -0.376 e. The quantitative estimate of drug-likeness (QED) is 0.431. The third kappa shape index (κ3) is 2.67. The van der Waals surface area contributed by atoms with Crippen molar-refractivity contribution in [2.24, 2.45) is 0 Å². The Morgan fingerprint density at radius 1 is 1.70 bits per heavy atom. The van der Waals surface area contributed by atoms with Crippen LogP contribution in [-0.4, -0.2) is 25.4 Å². The molecule has 2 heteroatoms. The van der Waals surface area contributed by atoms with Crippen LogP contribution in [0.3, 0.4) is 0 Å². The fourth-order valence-corrected chi connectivity index (χ4v) is 0.847. The average molecular weight is 144 g/mol. The SMILES string of the molecule is CCCCO[C@@H](C)[C@@H]1CO1. The van der Waals surface area contributed by atoms with Gasteiger partial charge in [0.25, 0.3) is 0 Å². The summed E-state index contributed by atoms with van der Waals surface area (Å²) >= 11 is 0. The van der Waals surface area contributed by atoms with Crippen LogP contribution in [0.25, 0.3) is 0 Å². The van der Waals surface area contributed by atoms with Gasteiger partial charge in [0.2, 0.25) is 0 Å². The lowest BCUT2D eigenvalue weighted by Crippen LogP contribution is -2.15. The van der Waals surface area contributed by atoms with Crippen LogP contribution in [-0.2, 0) is 9.47 Å². The van der Waals surface area contributed by atoms with Crippen LogP contribution in [0.1, 0.15) is 26.7 Å². The van der Waals surface area contributed by atoms with Gasteiger partial charge in [-0.15, -0.1) is 0 Å². The van der Waals surface area contributed by atoms with Crippen LogP contribution in [0.2, 0.25) is 0 Å². The third-order valence-electron chi connectivity index (χ3n) is 1.76. The molecule has 0 radical (unpaired) electrons. The monoisotopic (exact) mass is 144 g/mol. The van der Waals surface area contributed by atoms with E-state index in [4.69, 9.17) is 9.47 Å². The van der Waals surface area contributed by atoms with E-state index in [1.165, 1.54) is 6.42 Å². The van der Waals surface area contributed by atoms with Gasteiger partial charge in [-0.05, 0) is 13.3 Å². The van der Waals surface area contributed by atoms with Gasteiger partial charge in [0, 0.05) is 6.61 Å². The Kier molecular flexibility index (Phi) is 3.16. The van der Waals surface area contributed by atoms with Gasteiger partial charge in [-0.25, -0.2) is 0 Å². The Hall–Kier alpha value is -0.0800. The molecule has 10 heavy (non-hydrogen) atoms. The predicted molar refractivity (Wildman–Crippen MR) is 40.1 cm³/mol. The molecule has 0 unspecified atom stereocenters. The maximum atomic E-state index is 5.48. The van der Waals surface area contributed by atoms with Crippen LogP contribution in [0.15, 0.2) is 0 Å². The molecule has 2 atom stereocenters. The molecule has 0 amide bonds. The molecule has 1 rings (SSSR count). The number of hydrogen-bond acceptors (Lipinski definition) is 2. The van der Waals surface area contributed by atoms with Crippen molar-refractivity contribution in [3.8, 4) is 0 Å². The first-order chi connectivity index (χ1) is 4.84. The Morgan fingerprint density at radius 2 is 2.40 bits per heavy atom. The molecule has 1 fully saturated rings. The summed E-state index contributed by atoms with van der Waals surface area (Å²) in [6.07, 6.45) is 3.08. The van der Waals surface area contributed by atoms with E-state index in [0.717, 1.165) is 19.6 Å². The van der Waals surface area contributed by atoms with Crippen LogP contribution in [0.4, 0.5) is 0 Å². The molecule has 2 nitrogen and oxygen atoms in total. The molecule has 0 aromatic carbocycles. The summed E-state index contributed by atoms with van der Waals surface area (Å²) < 4.78 is 10.6. The first-order valence-electron chi connectivity index (χ1n) is 4.07. The van der Waals surface area contributed by atoms with Crippen molar-refractivity contribution in [1.82, 2.24) is 0 Å². The van der Waals surface area contributed by atoms with E-state index < -0.39 is 0 Å². The average Bonchev–Trinajstić information content (AvgIpc) is 2.69. The maximum Gasteiger partial charge on any atom is 0.107 e. The zero-order valence-electron chi connectivity index (χ0n) is 6.80. The van der Waals surface area contributed by atoms with Gasteiger partial charge >= 0.3 is 0 Å². The van der Waals surface area contributed by atoms with E-state index in [1.807, 2.05) is 0 Å². The lowest BCUT2D eigenvalue weighted by molar-refractivity contribution is 0.0442. The summed E-state index contributed by atoms with van der Waals surface area (Å²) in [5, 5.41) is 0. The van der Waals surface area contributed by atoms with Crippen LogP contribution in [0.5, 0.6) is 0 Å². The van der Waals surface area contributed by atoms with E-state index in [1.54, 1.807) is 0 Å². The Bertz CT molecular complexity index is 89.3. The molecule has 0 aromatic rings. The fraction of sp³-hybridized carbons (Fsp3) is 1.00. The van der Waals surface area contributed by atoms with Gasteiger partial charge in [0.1, 0.15) is 6.10 Å². The highest BCUT2D eigenvalue weighted by molar-refractivity contribution is 4.75. The first kappa shape index (κ1) is 8.02. The van der Waals surface area contributed by atoms with Crippen LogP contribution < -0.4 is 0 Å². The molecule has 60 valence electrons. The minimum absolute atomic E-state index is 0.312. The Morgan fingerprint density at radius 3 is 2.90 bits per heavy atom. The summed E-state index contributed by atoms with van der Waals surface area (Å²) in [6.45, 7) is 6.03. The molecule has 0 aliphatic carbocycles. The van der Waals surface area contributed by atoms with Crippen LogP contribution >= 0.6 is 0 Å². The molecule has 0 aromatic heterocycles. The van der Waals surface area contributed by atoms with Crippen molar-refractivity contribution in [3.63, 3.8) is 0 Å². The molecule has 1 aliphatic heterocycles. The smallest absolute Gasteiger partial charge is 0.107 e.